The van der Waals surface area contributed by atoms with Gasteiger partial charge in [0.05, 0.1) is 18.0 Å². The van der Waals surface area contributed by atoms with Crippen molar-refractivity contribution >= 4 is 21.4 Å². The van der Waals surface area contributed by atoms with Gasteiger partial charge in [-0.1, -0.05) is 24.3 Å². The first-order valence-electron chi connectivity index (χ1n) is 9.40. The van der Waals surface area contributed by atoms with Gasteiger partial charge in [-0.25, -0.2) is 8.42 Å². The molecule has 1 aliphatic rings. The molecular formula is C21H26N2O4S. The van der Waals surface area contributed by atoms with Crippen molar-refractivity contribution in [1.82, 2.24) is 4.90 Å². The molecule has 3 rings (SSSR count). The normalized spacial score (nSPS) is 14.8. The molecule has 0 spiro atoms. The number of para-hydroxylation sites is 2. The van der Waals surface area contributed by atoms with Crippen LogP contribution >= 0.6 is 0 Å². The van der Waals surface area contributed by atoms with Gasteiger partial charge in [0.2, 0.25) is 0 Å². The van der Waals surface area contributed by atoms with Crippen LogP contribution in [-0.4, -0.2) is 58.3 Å². The average molecular weight is 403 g/mol. The van der Waals surface area contributed by atoms with E-state index in [0.29, 0.717) is 30.8 Å². The molecule has 2 aromatic carbocycles. The van der Waals surface area contributed by atoms with E-state index in [2.05, 4.69) is 4.90 Å². The van der Waals surface area contributed by atoms with Crippen molar-refractivity contribution < 1.29 is 17.9 Å². The van der Waals surface area contributed by atoms with Gasteiger partial charge < -0.3 is 14.5 Å². The number of rotatable bonds is 6. The third-order valence-corrected chi connectivity index (χ3v) is 5.53. The SMILES string of the molecule is CCOc1ccccc1N1CCN(C(=O)c2cccc(CS(C)(=O)=O)c2)CC1. The fourth-order valence-corrected chi connectivity index (χ4v) is 4.21. The van der Waals surface area contributed by atoms with Gasteiger partial charge in [0.15, 0.2) is 9.84 Å². The molecule has 0 aromatic heterocycles. The smallest absolute Gasteiger partial charge is 0.253 e. The standard InChI is InChI=1S/C21H26N2O4S/c1-3-27-20-10-5-4-9-19(20)22-11-13-23(14-12-22)21(24)18-8-6-7-17(15-18)16-28(2,25)26/h4-10,15H,3,11-14,16H2,1-2H3. The lowest BCUT2D eigenvalue weighted by Crippen LogP contribution is -2.48. The minimum absolute atomic E-state index is 0.0594. The second-order valence-electron chi connectivity index (χ2n) is 6.95. The second kappa shape index (κ2) is 8.65. The number of amides is 1. The largest absolute Gasteiger partial charge is 0.492 e. The molecule has 150 valence electrons. The molecule has 1 amide bonds. The lowest BCUT2D eigenvalue weighted by Gasteiger charge is -2.36. The monoisotopic (exact) mass is 402 g/mol. The van der Waals surface area contributed by atoms with Gasteiger partial charge in [0.1, 0.15) is 5.75 Å². The van der Waals surface area contributed by atoms with E-state index in [1.54, 1.807) is 24.3 Å². The molecule has 0 aliphatic carbocycles. The van der Waals surface area contributed by atoms with E-state index in [4.69, 9.17) is 4.74 Å². The van der Waals surface area contributed by atoms with Crippen molar-refractivity contribution in [3.63, 3.8) is 0 Å². The van der Waals surface area contributed by atoms with Crippen molar-refractivity contribution in [3.05, 3.63) is 59.7 Å². The summed E-state index contributed by atoms with van der Waals surface area (Å²) in [7, 11) is -3.13. The van der Waals surface area contributed by atoms with E-state index in [-0.39, 0.29) is 11.7 Å². The van der Waals surface area contributed by atoms with Gasteiger partial charge in [-0.3, -0.25) is 4.79 Å². The summed E-state index contributed by atoms with van der Waals surface area (Å²) in [6, 6.07) is 14.8. The van der Waals surface area contributed by atoms with E-state index in [9.17, 15) is 13.2 Å². The summed E-state index contributed by atoms with van der Waals surface area (Å²) in [6.45, 7) is 5.23. The molecule has 1 saturated heterocycles. The Kier molecular flexibility index (Phi) is 6.24. The number of carbonyl (C=O) groups is 1. The first kappa shape index (κ1) is 20.2. The van der Waals surface area contributed by atoms with Crippen LogP contribution in [0, 0.1) is 0 Å². The van der Waals surface area contributed by atoms with Crippen LogP contribution in [0.4, 0.5) is 5.69 Å². The van der Waals surface area contributed by atoms with Gasteiger partial charge in [-0.15, -0.1) is 0 Å². The quantitative estimate of drug-likeness (QED) is 0.743. The summed E-state index contributed by atoms with van der Waals surface area (Å²) in [5.74, 6) is 0.738. The van der Waals surface area contributed by atoms with Gasteiger partial charge in [0, 0.05) is 38.0 Å². The van der Waals surface area contributed by atoms with Crippen molar-refractivity contribution in [2.45, 2.75) is 12.7 Å². The van der Waals surface area contributed by atoms with Crippen LogP contribution in [0.25, 0.3) is 0 Å². The number of ether oxygens (including phenoxy) is 1. The molecule has 1 fully saturated rings. The van der Waals surface area contributed by atoms with Crippen LogP contribution in [0.3, 0.4) is 0 Å². The molecule has 1 heterocycles. The molecule has 0 atom stereocenters. The molecule has 1 aliphatic heterocycles. The van der Waals surface area contributed by atoms with Gasteiger partial charge in [0.25, 0.3) is 5.91 Å². The molecule has 0 radical (unpaired) electrons. The van der Waals surface area contributed by atoms with Crippen LogP contribution in [0.1, 0.15) is 22.8 Å². The number of anilines is 1. The maximum atomic E-state index is 12.9. The van der Waals surface area contributed by atoms with E-state index in [0.717, 1.165) is 24.5 Å². The molecule has 0 unspecified atom stereocenters. The third kappa shape index (κ3) is 5.04. The highest BCUT2D eigenvalue weighted by Gasteiger charge is 2.24. The minimum atomic E-state index is -3.13. The number of sulfone groups is 1. The number of hydrogen-bond donors (Lipinski definition) is 0. The van der Waals surface area contributed by atoms with Gasteiger partial charge in [-0.2, -0.15) is 0 Å². The van der Waals surface area contributed by atoms with Gasteiger partial charge in [-0.05, 0) is 36.8 Å². The highest BCUT2D eigenvalue weighted by Crippen LogP contribution is 2.29. The molecular weight excluding hydrogens is 376 g/mol. The predicted octanol–water partition coefficient (Wildman–Crippen LogP) is 2.59. The zero-order valence-corrected chi connectivity index (χ0v) is 17.1. The summed E-state index contributed by atoms with van der Waals surface area (Å²) in [5, 5.41) is 0. The fourth-order valence-electron chi connectivity index (χ4n) is 3.43. The van der Waals surface area contributed by atoms with Crippen LogP contribution < -0.4 is 9.64 Å². The number of benzene rings is 2. The highest BCUT2D eigenvalue weighted by molar-refractivity contribution is 7.89. The summed E-state index contributed by atoms with van der Waals surface area (Å²) >= 11 is 0. The Morgan fingerprint density at radius 3 is 2.43 bits per heavy atom. The lowest BCUT2D eigenvalue weighted by molar-refractivity contribution is 0.0746. The first-order chi connectivity index (χ1) is 13.4. The zero-order valence-electron chi connectivity index (χ0n) is 16.3. The first-order valence-corrected chi connectivity index (χ1v) is 11.5. The van der Waals surface area contributed by atoms with Crippen LogP contribution in [-0.2, 0) is 15.6 Å². The van der Waals surface area contributed by atoms with E-state index in [1.807, 2.05) is 36.1 Å². The molecule has 0 N–H and O–H groups in total. The summed E-state index contributed by atoms with van der Waals surface area (Å²) in [5.41, 5.74) is 2.22. The molecule has 6 nitrogen and oxygen atoms in total. The Morgan fingerprint density at radius 2 is 1.75 bits per heavy atom. The predicted molar refractivity (Wildman–Crippen MR) is 111 cm³/mol. The van der Waals surface area contributed by atoms with Crippen LogP contribution in [0.5, 0.6) is 5.75 Å². The molecule has 28 heavy (non-hydrogen) atoms. The van der Waals surface area contributed by atoms with Crippen molar-refractivity contribution in [2.24, 2.45) is 0 Å². The number of nitrogens with zero attached hydrogens (tertiary/aromatic N) is 2. The Bertz CT molecular complexity index is 935. The topological polar surface area (TPSA) is 66.9 Å². The maximum absolute atomic E-state index is 12.9. The Labute approximate surface area is 166 Å². The Morgan fingerprint density at radius 1 is 1.04 bits per heavy atom. The summed E-state index contributed by atoms with van der Waals surface area (Å²) in [6.07, 6.45) is 1.20. The maximum Gasteiger partial charge on any atom is 0.253 e. The molecule has 0 saturated carbocycles. The van der Waals surface area contributed by atoms with Gasteiger partial charge >= 0.3 is 0 Å². The van der Waals surface area contributed by atoms with E-state index < -0.39 is 9.84 Å². The van der Waals surface area contributed by atoms with Crippen LogP contribution in [0.2, 0.25) is 0 Å². The summed E-state index contributed by atoms with van der Waals surface area (Å²) in [4.78, 5) is 16.9. The number of piperazine rings is 1. The van der Waals surface area contributed by atoms with Crippen molar-refractivity contribution in [1.29, 1.82) is 0 Å². The third-order valence-electron chi connectivity index (χ3n) is 4.68. The summed E-state index contributed by atoms with van der Waals surface area (Å²) < 4.78 is 28.8. The number of carbonyl (C=O) groups excluding carboxylic acids is 1. The fraction of sp³-hybridized carbons (Fsp3) is 0.381. The van der Waals surface area contributed by atoms with Crippen molar-refractivity contribution in [3.8, 4) is 5.75 Å². The highest BCUT2D eigenvalue weighted by atomic mass is 32.2. The molecule has 0 bridgehead atoms. The lowest BCUT2D eigenvalue weighted by atomic mass is 10.1. The zero-order chi connectivity index (χ0) is 20.1. The van der Waals surface area contributed by atoms with Crippen LogP contribution in [0.15, 0.2) is 48.5 Å². The van der Waals surface area contributed by atoms with Crippen molar-refractivity contribution in [2.75, 3.05) is 43.9 Å². The average Bonchev–Trinajstić information content (AvgIpc) is 2.67. The minimum Gasteiger partial charge on any atom is -0.492 e. The number of hydrogen-bond acceptors (Lipinski definition) is 5. The van der Waals surface area contributed by atoms with E-state index >= 15 is 0 Å². The Balaban J connectivity index is 1.67. The molecule has 2 aromatic rings. The Hall–Kier alpha value is -2.54. The van der Waals surface area contributed by atoms with E-state index in [1.165, 1.54) is 6.26 Å². The second-order valence-corrected chi connectivity index (χ2v) is 9.09. The molecule has 7 heteroatoms.